The maximum atomic E-state index is 9.14. The van der Waals surface area contributed by atoms with E-state index in [-0.39, 0.29) is 0 Å². The van der Waals surface area contributed by atoms with Gasteiger partial charge in [0.15, 0.2) is 0 Å². The van der Waals surface area contributed by atoms with Crippen molar-refractivity contribution in [2.24, 2.45) is 0 Å². The molecule has 0 spiro atoms. The number of pyridine rings is 4. The Hall–Kier alpha value is -3.91. The number of rotatable bonds is 4. The predicted molar refractivity (Wildman–Crippen MR) is 101 cm³/mol. The van der Waals surface area contributed by atoms with E-state index >= 15 is 0 Å². The minimum atomic E-state index is -0.697. The van der Waals surface area contributed by atoms with E-state index in [2.05, 4.69) is 26.0 Å². The van der Waals surface area contributed by atoms with E-state index in [9.17, 15) is 0 Å². The summed E-state index contributed by atoms with van der Waals surface area (Å²) < 4.78 is 0. The smallest absolute Gasteiger partial charge is 0.140 e. The Bertz CT molecular complexity index is 960. The number of hydrogen-bond acceptors (Lipinski definition) is 5. The Kier molecular flexibility index (Phi) is 4.38. The van der Waals surface area contributed by atoms with Gasteiger partial charge < -0.3 is 0 Å². The molecule has 128 valence electrons. The van der Waals surface area contributed by atoms with Crippen LogP contribution >= 0.6 is 0 Å². The largest absolute Gasteiger partial charge is 0.264 e. The molecule has 4 aromatic rings. The van der Waals surface area contributed by atoms with Crippen LogP contribution in [0.2, 0.25) is 0 Å². The number of nitrogens with zero attached hydrogens (tertiary/aromatic N) is 5. The van der Waals surface area contributed by atoms with Crippen molar-refractivity contribution in [3.8, 4) is 6.07 Å². The van der Waals surface area contributed by atoms with E-state index in [4.69, 9.17) is 5.26 Å². The molecule has 0 atom stereocenters. The molecule has 0 radical (unpaired) electrons. The van der Waals surface area contributed by atoms with Crippen LogP contribution in [-0.2, 0) is 5.41 Å². The van der Waals surface area contributed by atoms with Gasteiger partial charge in [-0.05, 0) is 46.5 Å². The quantitative estimate of drug-likeness (QED) is 0.563. The lowest BCUT2D eigenvalue weighted by molar-refractivity contribution is 0.725. The molecule has 4 rings (SSSR count). The van der Waals surface area contributed by atoms with Crippen molar-refractivity contribution in [1.29, 1.82) is 5.26 Å². The van der Waals surface area contributed by atoms with Gasteiger partial charge in [-0.2, -0.15) is 5.26 Å². The van der Waals surface area contributed by atoms with E-state index in [0.29, 0.717) is 5.69 Å². The van der Waals surface area contributed by atoms with E-state index in [1.54, 1.807) is 30.9 Å². The highest BCUT2D eigenvalue weighted by molar-refractivity contribution is 5.57. The summed E-state index contributed by atoms with van der Waals surface area (Å²) in [6.07, 6.45) is 12.5. The summed E-state index contributed by atoms with van der Waals surface area (Å²) in [4.78, 5) is 17.4. The van der Waals surface area contributed by atoms with Gasteiger partial charge in [0.05, 0.1) is 5.41 Å². The highest BCUT2D eigenvalue weighted by Crippen LogP contribution is 2.43. The van der Waals surface area contributed by atoms with Gasteiger partial charge in [0, 0.05) is 43.4 Å². The first-order valence-electron chi connectivity index (χ1n) is 8.44. The van der Waals surface area contributed by atoms with Gasteiger partial charge >= 0.3 is 0 Å². The Morgan fingerprint density at radius 2 is 1.11 bits per heavy atom. The first-order chi connectivity index (χ1) is 13.4. The molecule has 0 aliphatic rings. The summed E-state index contributed by atoms with van der Waals surface area (Å²) in [6, 6.07) is 17.6. The van der Waals surface area contributed by atoms with Crippen LogP contribution in [0.3, 0.4) is 0 Å². The second-order valence-electron chi connectivity index (χ2n) is 6.02. The molecule has 0 saturated carbocycles. The highest BCUT2D eigenvalue weighted by atomic mass is 14.7. The van der Waals surface area contributed by atoms with E-state index in [0.717, 1.165) is 22.3 Å². The zero-order chi connectivity index (χ0) is 18.5. The van der Waals surface area contributed by atoms with Crippen molar-refractivity contribution in [2.45, 2.75) is 5.41 Å². The second kappa shape index (κ2) is 7.14. The SMILES string of the molecule is N#Cc1ccc(C(c2cccnc2)(c2cccnc2)c2cccnc2)cn1. The molecule has 5 heteroatoms. The van der Waals surface area contributed by atoms with Gasteiger partial charge in [0.1, 0.15) is 11.8 Å². The molecule has 5 nitrogen and oxygen atoms in total. The van der Waals surface area contributed by atoms with Crippen molar-refractivity contribution in [2.75, 3.05) is 0 Å². The fourth-order valence-corrected chi connectivity index (χ4v) is 3.44. The Balaban J connectivity index is 2.11. The molecule has 0 bridgehead atoms. The third-order valence-electron chi connectivity index (χ3n) is 4.59. The molecule has 0 N–H and O–H groups in total. The predicted octanol–water partition coefficient (Wildman–Crippen LogP) is 3.52. The molecule has 27 heavy (non-hydrogen) atoms. The minimum absolute atomic E-state index is 0.371. The molecule has 0 saturated heterocycles. The lowest BCUT2D eigenvalue weighted by atomic mass is 9.67. The van der Waals surface area contributed by atoms with Gasteiger partial charge in [-0.1, -0.05) is 24.3 Å². The summed E-state index contributed by atoms with van der Waals surface area (Å²) in [6.45, 7) is 0. The van der Waals surface area contributed by atoms with Gasteiger partial charge in [-0.15, -0.1) is 0 Å². The lowest BCUT2D eigenvalue weighted by Crippen LogP contribution is -2.31. The Labute approximate surface area is 157 Å². The monoisotopic (exact) mass is 349 g/mol. The molecule has 0 aliphatic heterocycles. The van der Waals surface area contributed by atoms with E-state index in [1.807, 2.05) is 61.1 Å². The van der Waals surface area contributed by atoms with E-state index < -0.39 is 5.41 Å². The summed E-state index contributed by atoms with van der Waals surface area (Å²) in [5.74, 6) is 0. The molecule has 0 aromatic carbocycles. The van der Waals surface area contributed by atoms with Gasteiger partial charge in [-0.25, -0.2) is 4.98 Å². The summed E-state index contributed by atoms with van der Waals surface area (Å²) in [7, 11) is 0. The minimum Gasteiger partial charge on any atom is -0.264 e. The summed E-state index contributed by atoms with van der Waals surface area (Å²) >= 11 is 0. The molecular formula is C22H15N5. The lowest BCUT2D eigenvalue weighted by Gasteiger charge is -2.35. The zero-order valence-electron chi connectivity index (χ0n) is 14.4. The van der Waals surface area contributed by atoms with Crippen molar-refractivity contribution >= 4 is 0 Å². The van der Waals surface area contributed by atoms with Crippen LogP contribution in [0.15, 0.2) is 91.9 Å². The maximum absolute atomic E-state index is 9.14. The summed E-state index contributed by atoms with van der Waals surface area (Å²) in [5.41, 5.74) is 3.50. The number of aromatic nitrogens is 4. The van der Waals surface area contributed by atoms with Crippen LogP contribution in [0.25, 0.3) is 0 Å². The molecular weight excluding hydrogens is 334 g/mol. The third-order valence-corrected chi connectivity index (χ3v) is 4.59. The normalized spacial score (nSPS) is 10.9. The third kappa shape index (κ3) is 2.83. The fraction of sp³-hybridized carbons (Fsp3) is 0.0455. The van der Waals surface area contributed by atoms with Crippen LogP contribution in [0.1, 0.15) is 27.9 Å². The Morgan fingerprint density at radius 1 is 0.630 bits per heavy atom. The molecule has 4 aromatic heterocycles. The topological polar surface area (TPSA) is 75.3 Å². The first-order valence-corrected chi connectivity index (χ1v) is 8.44. The van der Waals surface area contributed by atoms with Crippen molar-refractivity contribution < 1.29 is 0 Å². The summed E-state index contributed by atoms with van der Waals surface area (Å²) in [5, 5.41) is 9.14. The molecule has 0 amide bonds. The van der Waals surface area contributed by atoms with Crippen LogP contribution < -0.4 is 0 Å². The van der Waals surface area contributed by atoms with Crippen molar-refractivity contribution in [3.05, 3.63) is 120 Å². The molecule has 4 heterocycles. The van der Waals surface area contributed by atoms with Crippen molar-refractivity contribution in [3.63, 3.8) is 0 Å². The maximum Gasteiger partial charge on any atom is 0.140 e. The molecule has 0 aliphatic carbocycles. The molecule has 0 fully saturated rings. The molecule has 0 unspecified atom stereocenters. The van der Waals surface area contributed by atoms with Crippen LogP contribution in [0.4, 0.5) is 0 Å². The van der Waals surface area contributed by atoms with Crippen LogP contribution in [0.5, 0.6) is 0 Å². The fourth-order valence-electron chi connectivity index (χ4n) is 3.44. The Morgan fingerprint density at radius 3 is 1.44 bits per heavy atom. The first kappa shape index (κ1) is 16.6. The number of hydrogen-bond donors (Lipinski definition) is 0. The standard InChI is InChI=1S/C22H15N5/c23-12-21-8-7-20(16-27-21)22(17-4-1-9-24-13-17,18-5-2-10-25-14-18)19-6-3-11-26-15-19/h1-11,13-16H. The second-order valence-corrected chi connectivity index (χ2v) is 6.02. The average Bonchev–Trinajstić information content (AvgIpc) is 2.77. The van der Waals surface area contributed by atoms with Gasteiger partial charge in [0.25, 0.3) is 0 Å². The van der Waals surface area contributed by atoms with Crippen molar-refractivity contribution in [1.82, 2.24) is 19.9 Å². The van der Waals surface area contributed by atoms with Crippen LogP contribution in [-0.4, -0.2) is 19.9 Å². The highest BCUT2D eigenvalue weighted by Gasteiger charge is 2.39. The zero-order valence-corrected chi connectivity index (χ0v) is 14.4. The average molecular weight is 349 g/mol. The number of nitriles is 1. The van der Waals surface area contributed by atoms with Gasteiger partial charge in [0.2, 0.25) is 0 Å². The van der Waals surface area contributed by atoms with E-state index in [1.165, 1.54) is 0 Å². The van der Waals surface area contributed by atoms with Gasteiger partial charge in [-0.3, -0.25) is 15.0 Å². The van der Waals surface area contributed by atoms with Crippen LogP contribution in [0, 0.1) is 11.3 Å².